The highest BCUT2D eigenvalue weighted by Crippen LogP contribution is 2.25. The fourth-order valence-corrected chi connectivity index (χ4v) is 2.48. The molecule has 0 radical (unpaired) electrons. The van der Waals surface area contributed by atoms with E-state index in [0.29, 0.717) is 12.1 Å². The summed E-state index contributed by atoms with van der Waals surface area (Å²) < 4.78 is 38.8. The summed E-state index contributed by atoms with van der Waals surface area (Å²) in [5, 5.41) is 0. The molecule has 2 aromatic rings. The Hall–Kier alpha value is -2.30. The molecule has 5 heteroatoms. The van der Waals surface area contributed by atoms with Gasteiger partial charge in [0.25, 0.3) is 5.78 Å². The van der Waals surface area contributed by atoms with Gasteiger partial charge in [0.1, 0.15) is 0 Å². The van der Waals surface area contributed by atoms with E-state index in [1.54, 1.807) is 30.3 Å². The number of rotatable bonds is 6. The number of Topliss-reactive ketones (excluding diaryl/α,β-unsaturated/α-hetero) is 1. The fraction of sp³-hybridized carbons (Fsp3) is 0.278. The first-order chi connectivity index (χ1) is 10.9. The average molecular weight is 321 g/mol. The molecule has 23 heavy (non-hydrogen) atoms. The minimum Gasteiger partial charge on any atom is -0.364 e. The Labute approximate surface area is 133 Å². The van der Waals surface area contributed by atoms with Crippen LogP contribution >= 0.6 is 0 Å². The van der Waals surface area contributed by atoms with Crippen molar-refractivity contribution in [1.29, 1.82) is 0 Å². The lowest BCUT2D eigenvalue weighted by molar-refractivity contribution is -0.172. The highest BCUT2D eigenvalue weighted by Gasteiger charge is 2.44. The molecule has 2 rings (SSSR count). The maximum Gasteiger partial charge on any atom is 0.452 e. The van der Waals surface area contributed by atoms with Gasteiger partial charge in [0.2, 0.25) is 0 Å². The number of para-hydroxylation sites is 1. The Kier molecular flexibility index (Phi) is 5.42. The Balaban J connectivity index is 2.20. The minimum absolute atomic E-state index is 0.105. The van der Waals surface area contributed by atoms with Crippen molar-refractivity contribution >= 4 is 11.5 Å². The smallest absolute Gasteiger partial charge is 0.364 e. The first-order valence-corrected chi connectivity index (χ1v) is 7.32. The quantitative estimate of drug-likeness (QED) is 0.792. The monoisotopic (exact) mass is 321 g/mol. The van der Waals surface area contributed by atoms with Crippen molar-refractivity contribution in [1.82, 2.24) is 0 Å². The van der Waals surface area contributed by atoms with E-state index < -0.39 is 18.0 Å². The van der Waals surface area contributed by atoms with Crippen molar-refractivity contribution in [2.24, 2.45) is 0 Å². The molecule has 2 aromatic carbocycles. The van der Waals surface area contributed by atoms with Gasteiger partial charge in [-0.15, -0.1) is 0 Å². The lowest BCUT2D eigenvalue weighted by Crippen LogP contribution is -2.45. The minimum atomic E-state index is -4.84. The molecular weight excluding hydrogens is 303 g/mol. The van der Waals surface area contributed by atoms with Gasteiger partial charge < -0.3 is 4.90 Å². The van der Waals surface area contributed by atoms with Gasteiger partial charge >= 0.3 is 6.18 Å². The molecule has 1 atom stereocenters. The number of aryl methyl sites for hydroxylation is 1. The predicted molar refractivity (Wildman–Crippen MR) is 84.5 cm³/mol. The number of carbonyl (C=O) groups excluding carboxylic acids is 1. The van der Waals surface area contributed by atoms with Crippen LogP contribution in [0.5, 0.6) is 0 Å². The van der Waals surface area contributed by atoms with Crippen LogP contribution in [0, 0.1) is 0 Å². The SMILES string of the molecule is CN(c1ccccc1)C(CCc1ccccc1)C(=O)C(F)(F)F. The zero-order chi connectivity index (χ0) is 16.9. The van der Waals surface area contributed by atoms with Crippen LogP contribution in [0.2, 0.25) is 0 Å². The summed E-state index contributed by atoms with van der Waals surface area (Å²) in [6.07, 6.45) is -4.33. The van der Waals surface area contributed by atoms with E-state index in [1.165, 1.54) is 11.9 Å². The zero-order valence-electron chi connectivity index (χ0n) is 12.8. The molecule has 0 fully saturated rings. The third-order valence-corrected chi connectivity index (χ3v) is 3.76. The molecule has 0 bridgehead atoms. The Morgan fingerprint density at radius 1 is 1.00 bits per heavy atom. The van der Waals surface area contributed by atoms with Gasteiger partial charge in [-0.1, -0.05) is 48.5 Å². The van der Waals surface area contributed by atoms with Crippen LogP contribution in [-0.4, -0.2) is 25.0 Å². The van der Waals surface area contributed by atoms with E-state index >= 15 is 0 Å². The highest BCUT2D eigenvalue weighted by molar-refractivity contribution is 5.91. The Morgan fingerprint density at radius 3 is 2.04 bits per heavy atom. The van der Waals surface area contributed by atoms with Crippen molar-refractivity contribution < 1.29 is 18.0 Å². The van der Waals surface area contributed by atoms with Crippen LogP contribution in [0.4, 0.5) is 18.9 Å². The molecular formula is C18H18F3NO. The second-order valence-corrected chi connectivity index (χ2v) is 5.35. The molecule has 0 saturated carbocycles. The largest absolute Gasteiger partial charge is 0.452 e. The summed E-state index contributed by atoms with van der Waals surface area (Å²) in [5.41, 5.74) is 1.50. The lowest BCUT2D eigenvalue weighted by atomic mass is 10.00. The Morgan fingerprint density at radius 2 is 1.52 bits per heavy atom. The molecule has 0 amide bonds. The van der Waals surface area contributed by atoms with Gasteiger partial charge in [0.15, 0.2) is 0 Å². The van der Waals surface area contributed by atoms with Gasteiger partial charge in [-0.3, -0.25) is 4.79 Å². The van der Waals surface area contributed by atoms with Crippen LogP contribution in [0.15, 0.2) is 60.7 Å². The summed E-state index contributed by atoms with van der Waals surface area (Å²) in [6.45, 7) is 0. The second-order valence-electron chi connectivity index (χ2n) is 5.35. The van der Waals surface area contributed by atoms with Crippen LogP contribution in [0.25, 0.3) is 0 Å². The summed E-state index contributed by atoms with van der Waals surface area (Å²) in [7, 11) is 1.52. The first-order valence-electron chi connectivity index (χ1n) is 7.32. The van der Waals surface area contributed by atoms with Crippen molar-refractivity contribution in [3.8, 4) is 0 Å². The second kappa shape index (κ2) is 7.31. The van der Waals surface area contributed by atoms with Crippen LogP contribution in [-0.2, 0) is 11.2 Å². The van der Waals surface area contributed by atoms with E-state index in [9.17, 15) is 18.0 Å². The molecule has 0 N–H and O–H groups in total. The summed E-state index contributed by atoms with van der Waals surface area (Å²) in [4.78, 5) is 13.2. The fourth-order valence-electron chi connectivity index (χ4n) is 2.48. The van der Waals surface area contributed by atoms with Crippen molar-refractivity contribution in [3.05, 3.63) is 66.2 Å². The number of ketones is 1. The third kappa shape index (κ3) is 4.58. The molecule has 0 aliphatic rings. The predicted octanol–water partition coefficient (Wildman–Crippen LogP) is 4.26. The molecule has 122 valence electrons. The van der Waals surface area contributed by atoms with Gasteiger partial charge in [-0.05, 0) is 30.5 Å². The molecule has 0 aliphatic carbocycles. The highest BCUT2D eigenvalue weighted by atomic mass is 19.4. The molecule has 0 heterocycles. The lowest BCUT2D eigenvalue weighted by Gasteiger charge is -2.29. The van der Waals surface area contributed by atoms with Crippen LogP contribution in [0.1, 0.15) is 12.0 Å². The normalized spacial score (nSPS) is 12.7. The molecule has 0 aromatic heterocycles. The topological polar surface area (TPSA) is 20.3 Å². The number of hydrogen-bond donors (Lipinski definition) is 0. The standard InChI is InChI=1S/C18H18F3NO/c1-22(15-10-6-3-7-11-15)16(17(23)18(19,20)21)13-12-14-8-4-2-5-9-14/h2-11,16H,12-13H2,1H3. The maximum atomic E-state index is 12.9. The van der Waals surface area contributed by atoms with Gasteiger partial charge in [0, 0.05) is 12.7 Å². The van der Waals surface area contributed by atoms with E-state index in [2.05, 4.69) is 0 Å². The number of alkyl halides is 3. The molecule has 0 spiro atoms. The molecule has 2 nitrogen and oxygen atoms in total. The van der Waals surface area contributed by atoms with Crippen molar-refractivity contribution in [3.63, 3.8) is 0 Å². The number of nitrogens with zero attached hydrogens (tertiary/aromatic N) is 1. The average Bonchev–Trinajstić information content (AvgIpc) is 2.55. The van der Waals surface area contributed by atoms with E-state index in [1.807, 2.05) is 30.3 Å². The molecule has 0 saturated heterocycles. The summed E-state index contributed by atoms with van der Waals surface area (Å²) >= 11 is 0. The van der Waals surface area contributed by atoms with Crippen molar-refractivity contribution in [2.75, 3.05) is 11.9 Å². The number of carbonyl (C=O) groups is 1. The van der Waals surface area contributed by atoms with Crippen molar-refractivity contribution in [2.45, 2.75) is 25.1 Å². The van der Waals surface area contributed by atoms with Gasteiger partial charge in [0.05, 0.1) is 6.04 Å². The number of likely N-dealkylation sites (N-methyl/N-ethyl adjacent to an activating group) is 1. The van der Waals surface area contributed by atoms with Crippen LogP contribution in [0.3, 0.4) is 0 Å². The number of hydrogen-bond acceptors (Lipinski definition) is 2. The summed E-state index contributed by atoms with van der Waals surface area (Å²) in [5.74, 6) is -1.71. The van der Waals surface area contributed by atoms with E-state index in [0.717, 1.165) is 5.56 Å². The van der Waals surface area contributed by atoms with E-state index in [-0.39, 0.29) is 6.42 Å². The van der Waals surface area contributed by atoms with E-state index in [4.69, 9.17) is 0 Å². The first kappa shape index (κ1) is 17.1. The van der Waals surface area contributed by atoms with Gasteiger partial charge in [-0.2, -0.15) is 13.2 Å². The maximum absolute atomic E-state index is 12.9. The number of benzene rings is 2. The van der Waals surface area contributed by atoms with Crippen LogP contribution < -0.4 is 4.90 Å². The summed E-state index contributed by atoms with van der Waals surface area (Å²) in [6, 6.07) is 16.6. The van der Waals surface area contributed by atoms with Gasteiger partial charge in [-0.25, -0.2) is 0 Å². The molecule has 0 aliphatic heterocycles. The zero-order valence-corrected chi connectivity index (χ0v) is 12.8. The molecule has 1 unspecified atom stereocenters. The Bertz CT molecular complexity index is 626. The third-order valence-electron chi connectivity index (χ3n) is 3.76. The number of halogens is 3. The number of anilines is 1.